The zero-order valence-electron chi connectivity index (χ0n) is 18.9. The van der Waals surface area contributed by atoms with Gasteiger partial charge in [-0.1, -0.05) is 43.8 Å². The standard InChI is InChI=1S/C23H32N2O4Si.HI/c1-17(2)23(26)25-20-13-11-19(12-14-20)21-9-7-8-10-22(21)24-16-15-18(3)30(27-4,28-5)29-6;/h7-14,18,24H,1,15-16H2,2-6H3,(H,25,26);1H. The molecule has 2 aromatic rings. The number of carbonyl (C=O) groups is 1. The van der Waals surface area contributed by atoms with Crippen LogP contribution in [0.15, 0.2) is 60.7 Å². The van der Waals surface area contributed by atoms with E-state index in [4.69, 9.17) is 13.3 Å². The molecule has 0 radical (unpaired) electrons. The van der Waals surface area contributed by atoms with Crippen LogP contribution in [-0.4, -0.2) is 42.6 Å². The van der Waals surface area contributed by atoms with Crippen molar-refractivity contribution in [2.45, 2.75) is 25.8 Å². The Hall–Kier alpha value is -1.72. The quantitative estimate of drug-likeness (QED) is 0.216. The molecular weight excluding hydrogens is 523 g/mol. The molecule has 1 unspecified atom stereocenters. The molecule has 2 N–H and O–H groups in total. The van der Waals surface area contributed by atoms with Crippen LogP contribution in [0.2, 0.25) is 5.54 Å². The Morgan fingerprint density at radius 1 is 1.03 bits per heavy atom. The number of benzene rings is 2. The maximum absolute atomic E-state index is 11.8. The van der Waals surface area contributed by atoms with Gasteiger partial charge >= 0.3 is 8.80 Å². The van der Waals surface area contributed by atoms with E-state index in [-0.39, 0.29) is 35.4 Å². The van der Waals surface area contributed by atoms with Gasteiger partial charge in [0.05, 0.1) is 0 Å². The first-order valence-corrected chi connectivity index (χ1v) is 11.7. The van der Waals surface area contributed by atoms with Gasteiger partial charge in [0, 0.05) is 55.9 Å². The van der Waals surface area contributed by atoms with Crippen molar-refractivity contribution in [3.05, 3.63) is 60.7 Å². The Labute approximate surface area is 203 Å². The molecule has 6 nitrogen and oxygen atoms in total. The molecule has 2 rings (SSSR count). The summed E-state index contributed by atoms with van der Waals surface area (Å²) in [4.78, 5) is 11.8. The summed E-state index contributed by atoms with van der Waals surface area (Å²) in [6, 6.07) is 15.9. The number of hydrogen-bond acceptors (Lipinski definition) is 5. The molecule has 0 aliphatic carbocycles. The Morgan fingerprint density at radius 2 is 1.61 bits per heavy atom. The molecule has 0 bridgehead atoms. The highest BCUT2D eigenvalue weighted by Gasteiger charge is 2.44. The molecule has 31 heavy (non-hydrogen) atoms. The molecule has 170 valence electrons. The molecule has 0 aliphatic rings. The predicted octanol–water partition coefficient (Wildman–Crippen LogP) is 5.56. The van der Waals surface area contributed by atoms with Gasteiger partial charge < -0.3 is 23.9 Å². The van der Waals surface area contributed by atoms with Crippen LogP contribution in [0, 0.1) is 0 Å². The molecule has 0 saturated heterocycles. The normalized spacial score (nSPS) is 11.9. The Kier molecular flexibility index (Phi) is 11.4. The third-order valence-electron chi connectivity index (χ3n) is 5.12. The molecule has 2 aromatic carbocycles. The number of hydrogen-bond donors (Lipinski definition) is 2. The average molecular weight is 557 g/mol. The van der Waals surface area contributed by atoms with Gasteiger partial charge in [-0.3, -0.25) is 4.79 Å². The average Bonchev–Trinajstić information content (AvgIpc) is 2.76. The van der Waals surface area contributed by atoms with Gasteiger partial charge in [-0.25, -0.2) is 0 Å². The molecule has 0 fully saturated rings. The Morgan fingerprint density at radius 3 is 2.16 bits per heavy atom. The predicted molar refractivity (Wildman–Crippen MR) is 140 cm³/mol. The summed E-state index contributed by atoms with van der Waals surface area (Å²) >= 11 is 0. The van der Waals surface area contributed by atoms with Crippen molar-refractivity contribution in [2.24, 2.45) is 0 Å². The molecule has 0 aromatic heterocycles. The van der Waals surface area contributed by atoms with Crippen LogP contribution < -0.4 is 10.6 Å². The fourth-order valence-electron chi connectivity index (χ4n) is 3.31. The maximum atomic E-state index is 11.8. The number of rotatable bonds is 11. The van der Waals surface area contributed by atoms with Crippen molar-refractivity contribution in [3.8, 4) is 11.1 Å². The third kappa shape index (κ3) is 7.14. The lowest BCUT2D eigenvalue weighted by atomic mass is 10.0. The van der Waals surface area contributed by atoms with Crippen LogP contribution in [0.4, 0.5) is 11.4 Å². The summed E-state index contributed by atoms with van der Waals surface area (Å²) in [5.74, 6) is -0.179. The number of anilines is 2. The second-order valence-electron chi connectivity index (χ2n) is 7.19. The first kappa shape index (κ1) is 27.3. The van der Waals surface area contributed by atoms with E-state index >= 15 is 0 Å². The first-order valence-electron chi connectivity index (χ1n) is 9.92. The summed E-state index contributed by atoms with van der Waals surface area (Å²) in [5.41, 5.74) is 4.58. The zero-order chi connectivity index (χ0) is 22.1. The van der Waals surface area contributed by atoms with Crippen molar-refractivity contribution < 1.29 is 18.1 Å². The van der Waals surface area contributed by atoms with Crippen molar-refractivity contribution in [1.29, 1.82) is 0 Å². The first-order chi connectivity index (χ1) is 14.4. The summed E-state index contributed by atoms with van der Waals surface area (Å²) in [7, 11) is 2.27. The molecule has 0 aliphatic heterocycles. The van der Waals surface area contributed by atoms with E-state index in [9.17, 15) is 4.79 Å². The van der Waals surface area contributed by atoms with Gasteiger partial charge in [-0.05, 0) is 37.1 Å². The van der Waals surface area contributed by atoms with Crippen molar-refractivity contribution in [3.63, 3.8) is 0 Å². The van der Waals surface area contributed by atoms with E-state index in [1.165, 1.54) is 0 Å². The number of amides is 1. The van der Waals surface area contributed by atoms with Crippen LogP contribution in [-0.2, 0) is 18.1 Å². The second-order valence-corrected chi connectivity index (χ2v) is 10.6. The number of carbonyl (C=O) groups excluding carboxylic acids is 1. The van der Waals surface area contributed by atoms with Crippen LogP contribution in [0.1, 0.15) is 20.3 Å². The van der Waals surface area contributed by atoms with Crippen molar-refractivity contribution >= 4 is 50.1 Å². The lowest BCUT2D eigenvalue weighted by Gasteiger charge is -2.30. The fraction of sp³-hybridized carbons (Fsp3) is 0.348. The molecule has 0 saturated carbocycles. The van der Waals surface area contributed by atoms with E-state index in [1.54, 1.807) is 28.3 Å². The summed E-state index contributed by atoms with van der Waals surface area (Å²) in [5, 5.41) is 6.35. The number of halogens is 1. The van der Waals surface area contributed by atoms with Crippen LogP contribution in [0.5, 0.6) is 0 Å². The van der Waals surface area contributed by atoms with Crippen LogP contribution in [0.25, 0.3) is 11.1 Å². The highest BCUT2D eigenvalue weighted by molar-refractivity contribution is 14.0. The minimum absolute atomic E-state index is 0. The molecule has 0 heterocycles. The molecule has 1 amide bonds. The minimum Gasteiger partial charge on any atom is -0.385 e. The van der Waals surface area contributed by atoms with E-state index < -0.39 is 8.80 Å². The lowest BCUT2D eigenvalue weighted by Crippen LogP contribution is -2.47. The Bertz CT molecular complexity index is 849. The van der Waals surface area contributed by atoms with Gasteiger partial charge in [0.25, 0.3) is 5.91 Å². The largest absolute Gasteiger partial charge is 0.503 e. The Balaban J connectivity index is 0.00000480. The highest BCUT2D eigenvalue weighted by Crippen LogP contribution is 2.30. The SMILES string of the molecule is C=C(C)C(=O)Nc1ccc(-c2ccccc2NCCC(C)[Si](OC)(OC)OC)cc1.I. The van der Waals surface area contributed by atoms with Gasteiger partial charge in [0.1, 0.15) is 0 Å². The molecule has 8 heteroatoms. The van der Waals surface area contributed by atoms with Crippen LogP contribution in [0.3, 0.4) is 0 Å². The minimum atomic E-state index is -2.65. The molecule has 1 atom stereocenters. The van der Waals surface area contributed by atoms with Gasteiger partial charge in [0.15, 0.2) is 0 Å². The smallest absolute Gasteiger partial charge is 0.385 e. The number of para-hydroxylation sites is 1. The second kappa shape index (κ2) is 13.0. The number of nitrogens with one attached hydrogen (secondary N) is 2. The van der Waals surface area contributed by atoms with E-state index in [0.717, 1.165) is 35.5 Å². The topological polar surface area (TPSA) is 68.8 Å². The molecule has 0 spiro atoms. The van der Waals surface area contributed by atoms with Gasteiger partial charge in [-0.15, -0.1) is 24.0 Å². The summed E-state index contributed by atoms with van der Waals surface area (Å²) < 4.78 is 16.7. The highest BCUT2D eigenvalue weighted by atomic mass is 127. The lowest BCUT2D eigenvalue weighted by molar-refractivity contribution is -0.112. The van der Waals surface area contributed by atoms with Gasteiger partial charge in [-0.2, -0.15) is 0 Å². The van der Waals surface area contributed by atoms with Gasteiger partial charge in [0.2, 0.25) is 0 Å². The van der Waals surface area contributed by atoms with Crippen molar-refractivity contribution in [1.82, 2.24) is 0 Å². The summed E-state index contributed by atoms with van der Waals surface area (Å²) in [6.07, 6.45) is 0.849. The summed E-state index contributed by atoms with van der Waals surface area (Å²) in [6.45, 7) is 8.20. The maximum Gasteiger partial charge on any atom is 0.503 e. The van der Waals surface area contributed by atoms with Crippen molar-refractivity contribution in [2.75, 3.05) is 38.5 Å². The third-order valence-corrected chi connectivity index (χ3v) is 8.32. The van der Waals surface area contributed by atoms with Crippen LogP contribution >= 0.6 is 24.0 Å². The monoisotopic (exact) mass is 556 g/mol. The molecular formula is C23H33IN2O4Si. The zero-order valence-corrected chi connectivity index (χ0v) is 22.2. The van der Waals surface area contributed by atoms with E-state index in [2.05, 4.69) is 36.3 Å². The van der Waals surface area contributed by atoms with E-state index in [1.807, 2.05) is 36.4 Å². The fourth-order valence-corrected chi connectivity index (χ4v) is 5.52. The van der Waals surface area contributed by atoms with E-state index in [0.29, 0.717) is 5.57 Å².